The van der Waals surface area contributed by atoms with Gasteiger partial charge in [-0.15, -0.1) is 0 Å². The fourth-order valence-corrected chi connectivity index (χ4v) is 7.97. The smallest absolute Gasteiger partial charge is 0.253 e. The summed E-state index contributed by atoms with van der Waals surface area (Å²) < 4.78 is 12.7. The van der Waals surface area contributed by atoms with Crippen LogP contribution >= 0.6 is 11.6 Å². The third-order valence-corrected chi connectivity index (χ3v) is 10.6. The molecule has 2 aromatic rings. The van der Waals surface area contributed by atoms with Crippen LogP contribution in [0.1, 0.15) is 40.5 Å². The molecule has 0 bridgehead atoms. The Morgan fingerprint density at radius 1 is 0.891 bits per heavy atom. The summed E-state index contributed by atoms with van der Waals surface area (Å²) in [5, 5.41) is 11.3. The van der Waals surface area contributed by atoms with Gasteiger partial charge in [-0.1, -0.05) is 63.1 Å². The second-order valence-electron chi connectivity index (χ2n) is 12.6. The molecule has 4 aliphatic rings. The van der Waals surface area contributed by atoms with Crippen LogP contribution in [0.4, 0.5) is 11.4 Å². The fourth-order valence-electron chi connectivity index (χ4n) is 7.85. The predicted octanol–water partition coefficient (Wildman–Crippen LogP) is 5.01. The van der Waals surface area contributed by atoms with Crippen molar-refractivity contribution < 1.29 is 29.0 Å². The molecule has 244 valence electrons. The molecule has 2 fully saturated rings. The molecule has 0 aromatic heterocycles. The van der Waals surface area contributed by atoms with Crippen molar-refractivity contribution >= 4 is 40.7 Å². The zero-order chi connectivity index (χ0) is 32.8. The summed E-state index contributed by atoms with van der Waals surface area (Å²) in [7, 11) is 0. The maximum Gasteiger partial charge on any atom is 0.253 e. The number of carbonyl (C=O) groups excluding carboxylic acids is 3. The van der Waals surface area contributed by atoms with Gasteiger partial charge in [-0.2, -0.15) is 0 Å². The Hall–Kier alpha value is -3.66. The predicted molar refractivity (Wildman–Crippen MR) is 177 cm³/mol. The first kappa shape index (κ1) is 32.3. The second kappa shape index (κ2) is 12.5. The molecule has 6 rings (SSSR count). The highest BCUT2D eigenvalue weighted by atomic mass is 35.5. The zero-order valence-electron chi connectivity index (χ0n) is 26.8. The van der Waals surface area contributed by atoms with Crippen LogP contribution < -0.4 is 14.5 Å². The molecule has 1 unspecified atom stereocenters. The Labute approximate surface area is 275 Å². The summed E-state index contributed by atoms with van der Waals surface area (Å²) in [4.78, 5) is 49.4. The molecule has 4 heterocycles. The Morgan fingerprint density at radius 3 is 2.09 bits per heavy atom. The lowest BCUT2D eigenvalue weighted by atomic mass is 9.73. The monoisotopic (exact) mass is 647 g/mol. The summed E-state index contributed by atoms with van der Waals surface area (Å²) in [6.07, 6.45) is 8.65. The standard InChI is InChI=1S/C36H42ClN3O6/c1-5-23(4)28(22-41)40-31-34(44)39(25-12-10-24(37)11-13-25)21-9-19-36(31)30(33(40)43)29-32(42)38(20-8-18-35(29,6-2)46-36)26-14-16-27(17-15-26)45-7-3/h8-19,23,28-31,41H,5-7,20-22H2,1-4H3/t23-,28-,29+,30-,31?,35-,36-/m0/s1. The molecule has 0 saturated carbocycles. The quantitative estimate of drug-likeness (QED) is 0.384. The molecule has 9 nitrogen and oxygen atoms in total. The van der Waals surface area contributed by atoms with E-state index in [1.165, 1.54) is 0 Å². The molecule has 0 radical (unpaired) electrons. The van der Waals surface area contributed by atoms with Crippen molar-refractivity contribution in [2.24, 2.45) is 17.8 Å². The molecule has 1 spiro atoms. The summed E-state index contributed by atoms with van der Waals surface area (Å²) in [6, 6.07) is 12.6. The fraction of sp³-hybridized carbons (Fsp3) is 0.472. The van der Waals surface area contributed by atoms with Crippen LogP contribution in [0.15, 0.2) is 72.8 Å². The van der Waals surface area contributed by atoms with Gasteiger partial charge in [0.1, 0.15) is 17.4 Å². The highest BCUT2D eigenvalue weighted by Crippen LogP contribution is 2.59. The Morgan fingerprint density at radius 2 is 1.50 bits per heavy atom. The number of aliphatic hydroxyl groups excluding tert-OH is 1. The van der Waals surface area contributed by atoms with E-state index in [1.807, 2.05) is 76.3 Å². The number of hydrogen-bond donors (Lipinski definition) is 1. The third-order valence-electron chi connectivity index (χ3n) is 10.3. The van der Waals surface area contributed by atoms with Crippen molar-refractivity contribution in [1.82, 2.24) is 4.90 Å². The molecule has 46 heavy (non-hydrogen) atoms. The molecular weight excluding hydrogens is 606 g/mol. The highest BCUT2D eigenvalue weighted by Gasteiger charge is 2.76. The van der Waals surface area contributed by atoms with Gasteiger partial charge < -0.3 is 29.3 Å². The maximum absolute atomic E-state index is 14.9. The van der Waals surface area contributed by atoms with Crippen LogP contribution in [0.2, 0.25) is 5.02 Å². The van der Waals surface area contributed by atoms with E-state index >= 15 is 0 Å². The van der Waals surface area contributed by atoms with Crippen LogP contribution in [0, 0.1) is 17.8 Å². The highest BCUT2D eigenvalue weighted by molar-refractivity contribution is 6.30. The van der Waals surface area contributed by atoms with Gasteiger partial charge in [0, 0.05) is 29.5 Å². The van der Waals surface area contributed by atoms with Crippen LogP contribution in [0.5, 0.6) is 5.75 Å². The van der Waals surface area contributed by atoms with E-state index in [9.17, 15) is 19.5 Å². The summed E-state index contributed by atoms with van der Waals surface area (Å²) in [5.74, 6) is -2.22. The topological polar surface area (TPSA) is 99.6 Å². The minimum absolute atomic E-state index is 0.116. The number of nitrogens with zero attached hydrogens (tertiary/aromatic N) is 3. The third kappa shape index (κ3) is 4.95. The van der Waals surface area contributed by atoms with E-state index in [1.54, 1.807) is 39.0 Å². The molecule has 2 saturated heterocycles. The molecule has 10 heteroatoms. The van der Waals surface area contributed by atoms with Gasteiger partial charge in [-0.3, -0.25) is 14.4 Å². The van der Waals surface area contributed by atoms with Crippen molar-refractivity contribution in [3.8, 4) is 5.75 Å². The van der Waals surface area contributed by atoms with E-state index in [0.29, 0.717) is 48.1 Å². The van der Waals surface area contributed by atoms with E-state index in [-0.39, 0.29) is 36.8 Å². The molecule has 0 aliphatic carbocycles. The van der Waals surface area contributed by atoms with Gasteiger partial charge >= 0.3 is 0 Å². The number of rotatable bonds is 9. The molecule has 2 aromatic carbocycles. The first-order valence-electron chi connectivity index (χ1n) is 16.3. The first-order chi connectivity index (χ1) is 22.2. The minimum Gasteiger partial charge on any atom is -0.494 e. The van der Waals surface area contributed by atoms with E-state index in [4.69, 9.17) is 21.1 Å². The van der Waals surface area contributed by atoms with Crippen molar-refractivity contribution in [2.45, 2.75) is 63.8 Å². The number of aliphatic hydroxyl groups is 1. The largest absolute Gasteiger partial charge is 0.494 e. The van der Waals surface area contributed by atoms with Crippen LogP contribution in [0.3, 0.4) is 0 Å². The Balaban J connectivity index is 1.49. The number of benzene rings is 2. The number of fused-ring (bicyclic) bond motifs is 2. The number of carbonyl (C=O) groups is 3. The van der Waals surface area contributed by atoms with Crippen LogP contribution in [-0.2, 0) is 19.1 Å². The van der Waals surface area contributed by atoms with Crippen LogP contribution in [0.25, 0.3) is 0 Å². The van der Waals surface area contributed by atoms with E-state index in [2.05, 4.69) is 0 Å². The van der Waals surface area contributed by atoms with Crippen molar-refractivity contribution in [2.75, 3.05) is 36.1 Å². The average Bonchev–Trinajstić information content (AvgIpc) is 3.35. The van der Waals surface area contributed by atoms with E-state index < -0.39 is 35.1 Å². The molecule has 1 N–H and O–H groups in total. The van der Waals surface area contributed by atoms with Crippen LogP contribution in [-0.4, -0.2) is 77.3 Å². The molecular formula is C36H42ClN3O6. The number of ether oxygens (including phenoxy) is 2. The van der Waals surface area contributed by atoms with Gasteiger partial charge in [-0.25, -0.2) is 0 Å². The lowest BCUT2D eigenvalue weighted by molar-refractivity contribution is -0.150. The van der Waals surface area contributed by atoms with Gasteiger partial charge in [0.05, 0.1) is 36.7 Å². The summed E-state index contributed by atoms with van der Waals surface area (Å²) in [5.41, 5.74) is -1.24. The number of hydrogen-bond acceptors (Lipinski definition) is 6. The Bertz CT molecular complexity index is 1540. The van der Waals surface area contributed by atoms with Gasteiger partial charge in [-0.05, 0) is 67.8 Å². The van der Waals surface area contributed by atoms with Crippen molar-refractivity contribution in [1.29, 1.82) is 0 Å². The molecule has 7 atom stereocenters. The minimum atomic E-state index is -1.43. The second-order valence-corrected chi connectivity index (χ2v) is 13.0. The zero-order valence-corrected chi connectivity index (χ0v) is 27.5. The van der Waals surface area contributed by atoms with Crippen molar-refractivity contribution in [3.63, 3.8) is 0 Å². The number of anilines is 2. The number of amides is 3. The first-order valence-corrected chi connectivity index (χ1v) is 16.6. The van der Waals surface area contributed by atoms with Gasteiger partial charge in [0.25, 0.3) is 5.91 Å². The molecule has 4 aliphatic heterocycles. The summed E-state index contributed by atoms with van der Waals surface area (Å²) in [6.45, 7) is 8.57. The van der Waals surface area contributed by atoms with Gasteiger partial charge in [0.2, 0.25) is 11.8 Å². The van der Waals surface area contributed by atoms with E-state index in [0.717, 1.165) is 0 Å². The normalized spacial score (nSPS) is 30.1. The summed E-state index contributed by atoms with van der Waals surface area (Å²) >= 11 is 6.17. The lowest BCUT2D eigenvalue weighted by Crippen LogP contribution is -2.60. The number of likely N-dealkylation sites (tertiary alicyclic amines) is 1. The van der Waals surface area contributed by atoms with Crippen molar-refractivity contribution in [3.05, 3.63) is 77.9 Å². The maximum atomic E-state index is 14.9. The Kier molecular flexibility index (Phi) is 8.78. The SMILES string of the molecule is CCOc1ccc(N2CC=C[C@]3(CC)O[C@]45C=CCN(c6ccc(Cl)cc6)C(=O)C4N([C@@H](CO)[C@@H](C)CC)C(=O)[C@@H]5[C@@H]3C2=O)cc1. The molecule has 3 amide bonds. The van der Waals surface area contributed by atoms with Gasteiger partial charge in [0.15, 0.2) is 0 Å². The average molecular weight is 648 g/mol. The number of halogens is 1. The lowest BCUT2D eigenvalue weighted by Gasteiger charge is -2.42.